The number of rotatable bonds is 20. The summed E-state index contributed by atoms with van der Waals surface area (Å²) in [7, 11) is -4.46. The number of phosphoric acid groups is 1. The van der Waals surface area contributed by atoms with E-state index in [-0.39, 0.29) is 25.5 Å². The zero-order valence-corrected chi connectivity index (χ0v) is 26.6. The third kappa shape index (κ3) is 13.8. The molecular weight excluding hydrogens is 587 g/mol. The number of nitrogens with zero attached hydrogens (tertiary/aromatic N) is 1. The number of carbonyl (C=O) groups excluding carboxylic acids is 2. The summed E-state index contributed by atoms with van der Waals surface area (Å²) in [5.74, 6) is -0.506. The predicted octanol–water partition coefficient (Wildman–Crippen LogP) is 0.720. The van der Waals surface area contributed by atoms with Crippen molar-refractivity contribution in [1.29, 1.82) is 0 Å². The summed E-state index contributed by atoms with van der Waals surface area (Å²) in [5.41, 5.74) is 0. The standard InChI is InChI=1S/C28H53N2O12P/c1-19(2)42-43(37,38)40-18-21-15-22(33)16-30(21)24(34)13-11-9-7-5-4-6-8-10-12-14-39-28-25(29-20(3)32)27(36)26(35)23(17-31)41-28/h19,21-23,25-28,31,33,35-36H,4-18H2,1-3H3,(H,29,32)(H,37,38)/p-1. The maximum absolute atomic E-state index is 12.7. The Morgan fingerprint density at radius 3 is 2.21 bits per heavy atom. The Morgan fingerprint density at radius 2 is 1.63 bits per heavy atom. The van der Waals surface area contributed by atoms with Crippen molar-refractivity contribution in [2.24, 2.45) is 0 Å². The second-order valence-corrected chi connectivity index (χ2v) is 13.1. The molecule has 0 aromatic rings. The monoisotopic (exact) mass is 639 g/mol. The maximum Gasteiger partial charge on any atom is 0.268 e. The van der Waals surface area contributed by atoms with Gasteiger partial charge >= 0.3 is 0 Å². The summed E-state index contributed by atoms with van der Waals surface area (Å²) in [6, 6.07) is -1.44. The van der Waals surface area contributed by atoms with E-state index in [2.05, 4.69) is 5.32 Å². The second-order valence-electron chi connectivity index (χ2n) is 11.7. The summed E-state index contributed by atoms with van der Waals surface area (Å²) in [6.45, 7) is 4.26. The minimum atomic E-state index is -4.46. The van der Waals surface area contributed by atoms with E-state index in [1.807, 2.05) is 0 Å². The van der Waals surface area contributed by atoms with Crippen molar-refractivity contribution in [2.75, 3.05) is 26.4 Å². The highest BCUT2D eigenvalue weighted by molar-refractivity contribution is 7.45. The molecule has 2 rings (SSSR count). The lowest BCUT2D eigenvalue weighted by Gasteiger charge is -2.42. The van der Waals surface area contributed by atoms with Crippen LogP contribution in [0.3, 0.4) is 0 Å². The molecule has 0 saturated carbocycles. The number of unbranched alkanes of at least 4 members (excludes halogenated alkanes) is 8. The van der Waals surface area contributed by atoms with Gasteiger partial charge in [-0.15, -0.1) is 0 Å². The fourth-order valence-corrected chi connectivity index (χ4v) is 6.32. The molecule has 0 radical (unpaired) electrons. The topological polar surface area (TPSA) is 207 Å². The number of phosphoric ester groups is 1. The van der Waals surface area contributed by atoms with Gasteiger partial charge in [-0.25, -0.2) is 0 Å². The van der Waals surface area contributed by atoms with Gasteiger partial charge in [0, 0.05) is 26.5 Å². The minimum Gasteiger partial charge on any atom is -0.756 e. The molecule has 14 nitrogen and oxygen atoms in total. The first kappa shape index (κ1) is 38.0. The first-order valence-electron chi connectivity index (χ1n) is 15.5. The van der Waals surface area contributed by atoms with Crippen LogP contribution in [-0.4, -0.2) is 112 Å². The third-order valence-electron chi connectivity index (χ3n) is 7.55. The van der Waals surface area contributed by atoms with Gasteiger partial charge < -0.3 is 54.1 Å². The summed E-state index contributed by atoms with van der Waals surface area (Å²) in [5, 5.41) is 42.3. The molecule has 0 aromatic carbocycles. The number of carbonyl (C=O) groups is 2. The van der Waals surface area contributed by atoms with Crippen LogP contribution in [0.5, 0.6) is 0 Å². The van der Waals surface area contributed by atoms with Crippen LogP contribution in [0.2, 0.25) is 0 Å². The molecule has 8 unspecified atom stereocenters. The van der Waals surface area contributed by atoms with Gasteiger partial charge in [-0.3, -0.25) is 14.2 Å². The molecule has 2 heterocycles. The molecule has 0 aliphatic carbocycles. The van der Waals surface area contributed by atoms with E-state index in [0.717, 1.165) is 57.8 Å². The number of hydrogen-bond acceptors (Lipinski definition) is 12. The maximum atomic E-state index is 12.7. The normalized spacial score (nSPS) is 29.1. The molecule has 0 aromatic heterocycles. The van der Waals surface area contributed by atoms with Crippen LogP contribution in [0.15, 0.2) is 0 Å². The smallest absolute Gasteiger partial charge is 0.268 e. The highest BCUT2D eigenvalue weighted by Crippen LogP contribution is 2.40. The Balaban J connectivity index is 1.54. The third-order valence-corrected chi connectivity index (χ3v) is 8.69. The molecule has 252 valence electrons. The molecule has 2 saturated heterocycles. The zero-order valence-electron chi connectivity index (χ0n) is 25.7. The number of hydrogen-bond donors (Lipinski definition) is 5. The van der Waals surface area contributed by atoms with Gasteiger partial charge in [0.15, 0.2) is 6.29 Å². The highest BCUT2D eigenvalue weighted by Gasteiger charge is 2.45. The lowest BCUT2D eigenvalue weighted by atomic mass is 9.97. The molecule has 8 atom stereocenters. The van der Waals surface area contributed by atoms with Gasteiger partial charge in [-0.2, -0.15) is 0 Å². The van der Waals surface area contributed by atoms with Crippen LogP contribution < -0.4 is 10.2 Å². The van der Waals surface area contributed by atoms with E-state index in [4.69, 9.17) is 18.5 Å². The quantitative estimate of drug-likeness (QED) is 0.0923. The van der Waals surface area contributed by atoms with Crippen molar-refractivity contribution in [1.82, 2.24) is 10.2 Å². The second kappa shape index (κ2) is 19.4. The Hall–Kier alpha value is -1.19. The van der Waals surface area contributed by atoms with E-state index in [1.54, 1.807) is 13.8 Å². The molecule has 2 amide bonds. The van der Waals surface area contributed by atoms with Crippen molar-refractivity contribution in [3.63, 3.8) is 0 Å². The van der Waals surface area contributed by atoms with Crippen molar-refractivity contribution < 1.29 is 58.0 Å². The van der Waals surface area contributed by atoms with E-state index in [1.165, 1.54) is 11.8 Å². The molecule has 43 heavy (non-hydrogen) atoms. The lowest BCUT2D eigenvalue weighted by molar-refractivity contribution is -0.270. The average Bonchev–Trinajstić information content (AvgIpc) is 3.31. The molecule has 2 fully saturated rings. The number of amides is 2. The van der Waals surface area contributed by atoms with E-state index in [9.17, 15) is 39.5 Å². The van der Waals surface area contributed by atoms with Crippen molar-refractivity contribution >= 4 is 19.6 Å². The van der Waals surface area contributed by atoms with Gasteiger partial charge in [-0.05, 0) is 33.1 Å². The number of aliphatic hydroxyl groups excluding tert-OH is 4. The first-order valence-corrected chi connectivity index (χ1v) is 16.9. The van der Waals surface area contributed by atoms with E-state index in [0.29, 0.717) is 13.0 Å². The summed E-state index contributed by atoms with van der Waals surface area (Å²) in [6.07, 6.45) is 3.24. The zero-order chi connectivity index (χ0) is 32.0. The van der Waals surface area contributed by atoms with Crippen LogP contribution in [-0.2, 0) is 32.7 Å². The van der Waals surface area contributed by atoms with Crippen molar-refractivity contribution in [3.05, 3.63) is 0 Å². The Kier molecular flexibility index (Phi) is 17.1. The van der Waals surface area contributed by atoms with Gasteiger partial charge in [0.1, 0.15) is 24.4 Å². The number of β-amino-alcohol motifs (C(OH)–C–C–N with tert-alkyl or cyclic N) is 1. The molecule has 15 heteroatoms. The molecule has 2 aliphatic rings. The van der Waals surface area contributed by atoms with Crippen LogP contribution in [0.25, 0.3) is 0 Å². The van der Waals surface area contributed by atoms with Gasteiger partial charge in [0.25, 0.3) is 7.82 Å². The fraction of sp³-hybridized carbons (Fsp3) is 0.929. The van der Waals surface area contributed by atoms with Gasteiger partial charge in [0.05, 0.1) is 31.5 Å². The predicted molar refractivity (Wildman–Crippen MR) is 153 cm³/mol. The molecular formula is C28H52N2O12P-. The number of aliphatic hydroxyl groups is 4. The van der Waals surface area contributed by atoms with Crippen LogP contribution >= 0.6 is 7.82 Å². The number of ether oxygens (including phenoxy) is 2. The molecule has 0 bridgehead atoms. The lowest BCUT2D eigenvalue weighted by Crippen LogP contribution is -2.64. The Bertz CT molecular complexity index is 881. The summed E-state index contributed by atoms with van der Waals surface area (Å²) < 4.78 is 32.9. The van der Waals surface area contributed by atoms with Crippen molar-refractivity contribution in [3.8, 4) is 0 Å². The molecule has 5 N–H and O–H groups in total. The SMILES string of the molecule is CC(=O)NC1C(OCCCCCCCCCCCC(=O)N2CC(O)CC2COP(=O)([O-])OC(C)C)OC(CO)C(O)C1O. The Labute approximate surface area is 254 Å². The number of likely N-dealkylation sites (tertiary alicyclic amines) is 1. The first-order chi connectivity index (χ1) is 20.3. The van der Waals surface area contributed by atoms with Crippen LogP contribution in [0, 0.1) is 0 Å². The summed E-state index contributed by atoms with van der Waals surface area (Å²) >= 11 is 0. The number of nitrogens with one attached hydrogen (secondary N) is 1. The van der Waals surface area contributed by atoms with Crippen molar-refractivity contribution in [2.45, 2.75) is 140 Å². The molecule has 0 spiro atoms. The van der Waals surface area contributed by atoms with E-state index < -0.39 is 69.2 Å². The Morgan fingerprint density at radius 1 is 1.02 bits per heavy atom. The average molecular weight is 640 g/mol. The van der Waals surface area contributed by atoms with Gasteiger partial charge in [0.2, 0.25) is 11.8 Å². The van der Waals surface area contributed by atoms with E-state index >= 15 is 0 Å². The highest BCUT2D eigenvalue weighted by atomic mass is 31.2. The summed E-state index contributed by atoms with van der Waals surface area (Å²) in [4.78, 5) is 37.6. The van der Waals surface area contributed by atoms with Crippen LogP contribution in [0.4, 0.5) is 0 Å². The van der Waals surface area contributed by atoms with Gasteiger partial charge in [-0.1, -0.05) is 44.9 Å². The minimum absolute atomic E-state index is 0.113. The largest absolute Gasteiger partial charge is 0.756 e. The molecule has 2 aliphatic heterocycles. The van der Waals surface area contributed by atoms with Crippen LogP contribution in [0.1, 0.15) is 91.4 Å². The fourth-order valence-electron chi connectivity index (χ4n) is 5.39.